The molecule has 1 amide bonds. The fraction of sp³-hybridized carbons (Fsp3) is 0.500. The van der Waals surface area contributed by atoms with Gasteiger partial charge in [0, 0.05) is 6.54 Å². The van der Waals surface area contributed by atoms with Gasteiger partial charge in [-0.1, -0.05) is 0 Å². The van der Waals surface area contributed by atoms with E-state index >= 15 is 0 Å². The molecule has 3 heterocycles. The van der Waals surface area contributed by atoms with Gasteiger partial charge in [0.25, 0.3) is 5.91 Å². The second-order valence-corrected chi connectivity index (χ2v) is 6.77. The minimum absolute atomic E-state index is 0.0323. The Kier molecular flexibility index (Phi) is 4.59. The highest BCUT2D eigenvalue weighted by molar-refractivity contribution is 7.17. The summed E-state index contributed by atoms with van der Waals surface area (Å²) in [6.45, 7) is 6.56. The molecule has 22 heavy (non-hydrogen) atoms. The number of aromatic nitrogens is 1. The molecule has 0 spiro atoms. The fourth-order valence-corrected chi connectivity index (χ4v) is 3.62. The molecular formula is C16H21N3O2S. The number of nitrogens with one attached hydrogen (secondary N) is 2. The Hall–Kier alpha value is -1.66. The van der Waals surface area contributed by atoms with Gasteiger partial charge >= 0.3 is 0 Å². The van der Waals surface area contributed by atoms with Crippen molar-refractivity contribution < 1.29 is 9.21 Å². The number of hydrogen-bond acceptors (Lipinski definition) is 5. The lowest BCUT2D eigenvalue weighted by Gasteiger charge is -2.22. The molecule has 3 rings (SSSR count). The highest BCUT2D eigenvalue weighted by atomic mass is 32.1. The third kappa shape index (κ3) is 3.39. The van der Waals surface area contributed by atoms with Crippen LogP contribution in [0.5, 0.6) is 0 Å². The molecule has 1 fully saturated rings. The second-order valence-electron chi connectivity index (χ2n) is 5.77. The normalized spacial score (nSPS) is 18.4. The molecule has 118 valence electrons. The van der Waals surface area contributed by atoms with Gasteiger partial charge in [-0.05, 0) is 57.8 Å². The molecule has 0 saturated carbocycles. The molecule has 6 heteroatoms. The summed E-state index contributed by atoms with van der Waals surface area (Å²) in [5.41, 5.74) is 0.758. The Bertz CT molecular complexity index is 656. The van der Waals surface area contributed by atoms with Crippen LogP contribution in [0.3, 0.4) is 0 Å². The summed E-state index contributed by atoms with van der Waals surface area (Å²) in [6, 6.07) is 3.80. The van der Waals surface area contributed by atoms with E-state index in [-0.39, 0.29) is 5.91 Å². The average molecular weight is 319 g/mol. The van der Waals surface area contributed by atoms with Crippen LogP contribution in [-0.4, -0.2) is 30.5 Å². The number of carbonyl (C=O) groups is 1. The van der Waals surface area contributed by atoms with Gasteiger partial charge in [-0.3, -0.25) is 4.79 Å². The first-order valence-corrected chi connectivity index (χ1v) is 8.48. The van der Waals surface area contributed by atoms with Crippen LogP contribution < -0.4 is 10.6 Å². The highest BCUT2D eigenvalue weighted by Gasteiger charge is 2.19. The number of nitrogens with zero attached hydrogens (tertiary/aromatic N) is 1. The van der Waals surface area contributed by atoms with Crippen molar-refractivity contribution in [1.29, 1.82) is 0 Å². The predicted molar refractivity (Wildman–Crippen MR) is 87.2 cm³/mol. The minimum Gasteiger partial charge on any atom is -0.459 e. The van der Waals surface area contributed by atoms with E-state index in [1.165, 1.54) is 24.2 Å². The largest absolute Gasteiger partial charge is 0.459 e. The monoisotopic (exact) mass is 319 g/mol. The molecule has 0 aromatic carbocycles. The zero-order valence-electron chi connectivity index (χ0n) is 12.9. The summed E-state index contributed by atoms with van der Waals surface area (Å²) >= 11 is 1.39. The number of rotatable bonds is 4. The van der Waals surface area contributed by atoms with Gasteiger partial charge in [-0.25, -0.2) is 4.98 Å². The first-order chi connectivity index (χ1) is 10.6. The summed E-state index contributed by atoms with van der Waals surface area (Å²) in [5, 5.41) is 7.16. The molecule has 5 nitrogen and oxygen atoms in total. The molecule has 2 aromatic rings. The number of aryl methyl sites for hydroxylation is 2. The van der Waals surface area contributed by atoms with Gasteiger partial charge in [0.05, 0.1) is 5.69 Å². The van der Waals surface area contributed by atoms with Crippen molar-refractivity contribution in [3.63, 3.8) is 0 Å². The Labute approximate surface area is 134 Å². The van der Waals surface area contributed by atoms with Gasteiger partial charge in [0.2, 0.25) is 0 Å². The van der Waals surface area contributed by atoms with Crippen molar-refractivity contribution in [2.24, 2.45) is 5.92 Å². The Morgan fingerprint density at radius 3 is 3.05 bits per heavy atom. The lowest BCUT2D eigenvalue weighted by molar-refractivity contribution is 0.0948. The molecule has 0 bridgehead atoms. The zero-order valence-corrected chi connectivity index (χ0v) is 13.8. The van der Waals surface area contributed by atoms with E-state index < -0.39 is 0 Å². The van der Waals surface area contributed by atoms with Gasteiger partial charge in [0.15, 0.2) is 10.8 Å². The third-order valence-electron chi connectivity index (χ3n) is 3.90. The summed E-state index contributed by atoms with van der Waals surface area (Å²) < 4.78 is 5.58. The topological polar surface area (TPSA) is 67.2 Å². The third-order valence-corrected chi connectivity index (χ3v) is 5.07. The van der Waals surface area contributed by atoms with Crippen LogP contribution in [0, 0.1) is 19.8 Å². The van der Waals surface area contributed by atoms with Gasteiger partial charge in [0.1, 0.15) is 10.6 Å². The maximum absolute atomic E-state index is 12.4. The number of amides is 1. The Balaban J connectivity index is 1.66. The molecule has 1 aliphatic rings. The second kappa shape index (κ2) is 6.62. The van der Waals surface area contributed by atoms with E-state index in [0.717, 1.165) is 41.9 Å². The van der Waals surface area contributed by atoms with Crippen molar-refractivity contribution in [2.45, 2.75) is 26.7 Å². The van der Waals surface area contributed by atoms with Crippen LogP contribution in [-0.2, 0) is 0 Å². The van der Waals surface area contributed by atoms with Crippen molar-refractivity contribution in [3.8, 4) is 10.8 Å². The summed E-state index contributed by atoms with van der Waals surface area (Å²) in [5.74, 6) is 2.06. The van der Waals surface area contributed by atoms with Crippen molar-refractivity contribution in [3.05, 3.63) is 28.5 Å². The molecule has 1 aliphatic heterocycles. The smallest absolute Gasteiger partial charge is 0.263 e. The maximum Gasteiger partial charge on any atom is 0.263 e. The van der Waals surface area contributed by atoms with E-state index in [4.69, 9.17) is 4.42 Å². The summed E-state index contributed by atoms with van der Waals surface area (Å²) in [6.07, 6.45) is 2.36. The minimum atomic E-state index is -0.0323. The van der Waals surface area contributed by atoms with Crippen LogP contribution in [0.25, 0.3) is 10.8 Å². The van der Waals surface area contributed by atoms with E-state index in [1.54, 1.807) is 0 Å². The summed E-state index contributed by atoms with van der Waals surface area (Å²) in [4.78, 5) is 17.5. The van der Waals surface area contributed by atoms with E-state index in [0.29, 0.717) is 10.8 Å². The van der Waals surface area contributed by atoms with Gasteiger partial charge < -0.3 is 15.1 Å². The highest BCUT2D eigenvalue weighted by Crippen LogP contribution is 2.29. The van der Waals surface area contributed by atoms with Crippen molar-refractivity contribution >= 4 is 17.2 Å². The number of furan rings is 1. The zero-order chi connectivity index (χ0) is 15.5. The Morgan fingerprint density at radius 1 is 1.50 bits per heavy atom. The molecule has 2 aromatic heterocycles. The molecule has 0 radical (unpaired) electrons. The van der Waals surface area contributed by atoms with Gasteiger partial charge in [-0.15, -0.1) is 11.3 Å². The number of piperidine rings is 1. The van der Waals surface area contributed by atoms with E-state index in [9.17, 15) is 4.79 Å². The number of thiazole rings is 1. The lowest BCUT2D eigenvalue weighted by Crippen LogP contribution is -2.38. The predicted octanol–water partition coefficient (Wildman–Crippen LogP) is 2.75. The first-order valence-electron chi connectivity index (χ1n) is 7.66. The van der Waals surface area contributed by atoms with Crippen LogP contribution >= 0.6 is 11.3 Å². The van der Waals surface area contributed by atoms with Crippen LogP contribution in [0.15, 0.2) is 16.5 Å². The lowest BCUT2D eigenvalue weighted by atomic mass is 10.00. The SMILES string of the molecule is Cc1ccc(-c2nc(C)c(C(=O)NCC3CCCNC3)s2)o1. The van der Waals surface area contributed by atoms with Crippen molar-refractivity contribution in [1.82, 2.24) is 15.6 Å². The van der Waals surface area contributed by atoms with Gasteiger partial charge in [-0.2, -0.15) is 0 Å². The molecule has 0 aliphatic carbocycles. The van der Waals surface area contributed by atoms with E-state index in [1.807, 2.05) is 26.0 Å². The average Bonchev–Trinajstić information content (AvgIpc) is 3.12. The van der Waals surface area contributed by atoms with Crippen molar-refractivity contribution in [2.75, 3.05) is 19.6 Å². The van der Waals surface area contributed by atoms with Crippen LogP contribution in [0.4, 0.5) is 0 Å². The van der Waals surface area contributed by atoms with E-state index in [2.05, 4.69) is 15.6 Å². The van der Waals surface area contributed by atoms with Crippen LogP contribution in [0.2, 0.25) is 0 Å². The molecular weight excluding hydrogens is 298 g/mol. The first kappa shape index (κ1) is 15.2. The van der Waals surface area contributed by atoms with Crippen LogP contribution in [0.1, 0.15) is 34.0 Å². The fourth-order valence-electron chi connectivity index (χ4n) is 2.68. The molecule has 2 N–H and O–H groups in total. The number of hydrogen-bond donors (Lipinski definition) is 2. The molecule has 1 unspecified atom stereocenters. The quantitative estimate of drug-likeness (QED) is 0.909. The maximum atomic E-state index is 12.4. The Morgan fingerprint density at radius 2 is 2.36 bits per heavy atom. The summed E-state index contributed by atoms with van der Waals surface area (Å²) in [7, 11) is 0. The number of carbonyl (C=O) groups excluding carboxylic acids is 1. The molecule has 1 saturated heterocycles. The molecule has 1 atom stereocenters. The standard InChI is InChI=1S/C16H21N3O2S/c1-10-5-6-13(21-10)16-19-11(2)14(22-16)15(20)18-9-12-4-3-7-17-8-12/h5-6,12,17H,3-4,7-9H2,1-2H3,(H,18,20).